The van der Waals surface area contributed by atoms with Crippen LogP contribution in [0, 0.1) is 6.92 Å². The highest BCUT2D eigenvalue weighted by atomic mass is 32.1. The maximum Gasteiger partial charge on any atom is 0.347 e. The summed E-state index contributed by atoms with van der Waals surface area (Å²) in [6, 6.07) is 1.74. The van der Waals surface area contributed by atoms with Crippen LogP contribution in [0.4, 0.5) is 0 Å². The van der Waals surface area contributed by atoms with E-state index in [-0.39, 0.29) is 5.69 Å². The molecule has 2 rings (SSSR count). The van der Waals surface area contributed by atoms with Crippen molar-refractivity contribution in [3.8, 4) is 0 Å². The van der Waals surface area contributed by atoms with Gasteiger partial charge in [-0.3, -0.25) is 4.57 Å². The van der Waals surface area contributed by atoms with E-state index in [0.29, 0.717) is 6.54 Å². The Bertz CT molecular complexity index is 489. The summed E-state index contributed by atoms with van der Waals surface area (Å²) in [5.74, 6) is 0. The number of thiazole rings is 1. The highest BCUT2D eigenvalue weighted by molar-refractivity contribution is 7.09. The third-order valence-electron chi connectivity index (χ3n) is 1.78. The Hall–Kier alpha value is -1.49. The molecule has 0 N–H and O–H groups in total. The lowest BCUT2D eigenvalue weighted by Gasteiger charge is -1.99. The number of hydrogen-bond donors (Lipinski definition) is 0. The topological polar surface area (TPSA) is 47.8 Å². The Balaban J connectivity index is 2.27. The van der Waals surface area contributed by atoms with Gasteiger partial charge >= 0.3 is 5.69 Å². The van der Waals surface area contributed by atoms with Gasteiger partial charge in [0.05, 0.1) is 17.2 Å². The van der Waals surface area contributed by atoms with Crippen molar-refractivity contribution >= 4 is 11.3 Å². The van der Waals surface area contributed by atoms with E-state index in [1.807, 2.05) is 12.3 Å². The first-order chi connectivity index (χ1) is 6.75. The molecule has 14 heavy (non-hydrogen) atoms. The van der Waals surface area contributed by atoms with Gasteiger partial charge in [0.25, 0.3) is 0 Å². The molecule has 0 saturated carbocycles. The Kier molecular flexibility index (Phi) is 2.41. The van der Waals surface area contributed by atoms with Gasteiger partial charge in [-0.2, -0.15) is 0 Å². The van der Waals surface area contributed by atoms with Crippen LogP contribution < -0.4 is 5.69 Å². The lowest BCUT2D eigenvalue weighted by molar-refractivity contribution is 0.713. The second kappa shape index (κ2) is 3.71. The first-order valence-electron chi connectivity index (χ1n) is 4.18. The predicted molar refractivity (Wildman–Crippen MR) is 54.5 cm³/mol. The maximum absolute atomic E-state index is 11.3. The van der Waals surface area contributed by atoms with Gasteiger partial charge in [-0.05, 0) is 13.0 Å². The molecule has 0 aliphatic rings. The van der Waals surface area contributed by atoms with Gasteiger partial charge in [0.1, 0.15) is 0 Å². The first kappa shape index (κ1) is 9.08. The molecule has 0 unspecified atom stereocenters. The predicted octanol–water partition coefficient (Wildman–Crippen LogP) is 1.06. The van der Waals surface area contributed by atoms with Gasteiger partial charge in [-0.15, -0.1) is 11.3 Å². The van der Waals surface area contributed by atoms with E-state index in [1.54, 1.807) is 23.6 Å². The highest BCUT2D eigenvalue weighted by Gasteiger charge is 2.00. The van der Waals surface area contributed by atoms with E-state index in [4.69, 9.17) is 0 Å². The number of aromatic nitrogens is 3. The van der Waals surface area contributed by atoms with Crippen LogP contribution in [0.2, 0.25) is 0 Å². The summed E-state index contributed by atoms with van der Waals surface area (Å²) in [4.78, 5) is 19.2. The van der Waals surface area contributed by atoms with Gasteiger partial charge in [-0.25, -0.2) is 14.8 Å². The van der Waals surface area contributed by atoms with E-state index in [0.717, 1.165) is 10.7 Å². The van der Waals surface area contributed by atoms with Crippen molar-refractivity contribution in [1.82, 2.24) is 14.5 Å². The third-order valence-corrected chi connectivity index (χ3v) is 2.60. The van der Waals surface area contributed by atoms with E-state index in [9.17, 15) is 4.79 Å². The molecule has 0 radical (unpaired) electrons. The second-order valence-corrected chi connectivity index (χ2v) is 3.95. The molecular weight excluding hydrogens is 198 g/mol. The minimum Gasteiger partial charge on any atom is -0.293 e. The van der Waals surface area contributed by atoms with Crippen molar-refractivity contribution in [2.24, 2.45) is 0 Å². The largest absolute Gasteiger partial charge is 0.347 e. The Morgan fingerprint density at radius 1 is 1.57 bits per heavy atom. The molecule has 0 atom stereocenters. The number of hydrogen-bond acceptors (Lipinski definition) is 4. The Morgan fingerprint density at radius 2 is 2.43 bits per heavy atom. The molecule has 0 bridgehead atoms. The average molecular weight is 207 g/mol. The van der Waals surface area contributed by atoms with Crippen LogP contribution in [-0.4, -0.2) is 14.5 Å². The SMILES string of the molecule is Cc1nc(Cn2cccnc2=O)cs1. The highest BCUT2D eigenvalue weighted by Crippen LogP contribution is 2.08. The summed E-state index contributed by atoms with van der Waals surface area (Å²) in [6.07, 6.45) is 3.20. The van der Waals surface area contributed by atoms with Crippen LogP contribution in [-0.2, 0) is 6.54 Å². The quantitative estimate of drug-likeness (QED) is 0.739. The molecule has 2 aromatic heterocycles. The molecule has 0 aromatic carbocycles. The molecule has 0 amide bonds. The zero-order valence-corrected chi connectivity index (χ0v) is 8.49. The van der Waals surface area contributed by atoms with Crippen molar-refractivity contribution in [3.63, 3.8) is 0 Å². The van der Waals surface area contributed by atoms with Crippen molar-refractivity contribution < 1.29 is 0 Å². The summed E-state index contributed by atoms with van der Waals surface area (Å²) in [5.41, 5.74) is 0.667. The van der Waals surface area contributed by atoms with Crippen LogP contribution in [0.3, 0.4) is 0 Å². The molecule has 5 heteroatoms. The molecule has 2 aromatic rings. The third kappa shape index (κ3) is 1.88. The summed E-state index contributed by atoms with van der Waals surface area (Å²) in [6.45, 7) is 2.44. The zero-order chi connectivity index (χ0) is 9.97. The second-order valence-electron chi connectivity index (χ2n) is 2.89. The minimum atomic E-state index is -0.238. The zero-order valence-electron chi connectivity index (χ0n) is 7.67. The van der Waals surface area contributed by atoms with Crippen molar-refractivity contribution in [2.75, 3.05) is 0 Å². The van der Waals surface area contributed by atoms with E-state index in [1.165, 1.54) is 10.8 Å². The Labute approximate surface area is 84.9 Å². The lowest BCUT2D eigenvalue weighted by Crippen LogP contribution is -2.21. The van der Waals surface area contributed by atoms with Crippen molar-refractivity contribution in [2.45, 2.75) is 13.5 Å². The van der Waals surface area contributed by atoms with Gasteiger partial charge in [0, 0.05) is 17.8 Å². The van der Waals surface area contributed by atoms with E-state index >= 15 is 0 Å². The molecule has 0 saturated heterocycles. The monoisotopic (exact) mass is 207 g/mol. The normalized spacial score (nSPS) is 10.4. The molecule has 0 aliphatic carbocycles. The maximum atomic E-state index is 11.3. The van der Waals surface area contributed by atoms with Crippen LogP contribution in [0.25, 0.3) is 0 Å². The first-order valence-corrected chi connectivity index (χ1v) is 5.06. The molecule has 2 heterocycles. The van der Waals surface area contributed by atoms with Gasteiger partial charge in [0.2, 0.25) is 0 Å². The molecule has 0 aliphatic heterocycles. The van der Waals surface area contributed by atoms with Gasteiger partial charge < -0.3 is 0 Å². The summed E-state index contributed by atoms with van der Waals surface area (Å²) in [7, 11) is 0. The van der Waals surface area contributed by atoms with Crippen LogP contribution in [0.5, 0.6) is 0 Å². The fraction of sp³-hybridized carbons (Fsp3) is 0.222. The molecule has 0 fully saturated rings. The number of rotatable bonds is 2. The summed E-state index contributed by atoms with van der Waals surface area (Å²) in [5, 5.41) is 2.96. The van der Waals surface area contributed by atoms with E-state index < -0.39 is 0 Å². The van der Waals surface area contributed by atoms with E-state index in [2.05, 4.69) is 9.97 Å². The molecular formula is C9H9N3OS. The average Bonchev–Trinajstić information content (AvgIpc) is 2.56. The van der Waals surface area contributed by atoms with Crippen molar-refractivity contribution in [1.29, 1.82) is 0 Å². The smallest absolute Gasteiger partial charge is 0.293 e. The van der Waals surface area contributed by atoms with Crippen molar-refractivity contribution in [3.05, 3.63) is 45.0 Å². The molecule has 72 valence electrons. The van der Waals surface area contributed by atoms with Gasteiger partial charge in [0.15, 0.2) is 0 Å². The number of nitrogens with zero attached hydrogens (tertiary/aromatic N) is 3. The minimum absolute atomic E-state index is 0.238. The van der Waals surface area contributed by atoms with Crippen LogP contribution in [0.15, 0.2) is 28.6 Å². The summed E-state index contributed by atoms with van der Waals surface area (Å²) >= 11 is 1.58. The van der Waals surface area contributed by atoms with Crippen LogP contribution in [0.1, 0.15) is 10.7 Å². The Morgan fingerprint density at radius 3 is 3.07 bits per heavy atom. The van der Waals surface area contributed by atoms with Crippen LogP contribution >= 0.6 is 11.3 Å². The number of aryl methyl sites for hydroxylation is 1. The summed E-state index contributed by atoms with van der Waals surface area (Å²) < 4.78 is 1.54. The molecule has 4 nitrogen and oxygen atoms in total. The lowest BCUT2D eigenvalue weighted by atomic mass is 10.4. The van der Waals surface area contributed by atoms with Gasteiger partial charge in [-0.1, -0.05) is 0 Å². The molecule has 0 spiro atoms. The standard InChI is InChI=1S/C9H9N3OS/c1-7-11-8(6-14-7)5-12-4-2-3-10-9(12)13/h2-4,6H,5H2,1H3. The fourth-order valence-electron chi connectivity index (χ4n) is 1.16. The fourth-order valence-corrected chi connectivity index (χ4v) is 1.77.